The number of benzene rings is 1. The molecule has 1 aromatic carbocycles. The number of rotatable bonds is 4. The second-order valence-electron chi connectivity index (χ2n) is 6.36. The maximum absolute atomic E-state index is 12.8. The van der Waals surface area contributed by atoms with Crippen molar-refractivity contribution >= 4 is 9.84 Å². The van der Waals surface area contributed by atoms with E-state index in [4.69, 9.17) is 0 Å². The molecular weight excluding hydrogens is 411 g/mol. The molecule has 0 bridgehead atoms. The third-order valence-electron chi connectivity index (χ3n) is 4.37. The Kier molecular flexibility index (Phi) is 5.03. The Balaban J connectivity index is 2.03. The summed E-state index contributed by atoms with van der Waals surface area (Å²) in [5.74, 6) is -0.396. The lowest BCUT2D eigenvalue weighted by atomic mass is 10.2. The number of aromatic nitrogens is 3. The van der Waals surface area contributed by atoms with E-state index in [0.29, 0.717) is 0 Å². The maximum Gasteiger partial charge on any atom is 0.501 e. The highest BCUT2D eigenvalue weighted by atomic mass is 32.2. The molecule has 0 fully saturated rings. The average molecular weight is 427 g/mol. The lowest BCUT2D eigenvalue weighted by Crippen LogP contribution is -2.25. The molecule has 11 heteroatoms. The number of pyridine rings is 1. The van der Waals surface area contributed by atoms with Gasteiger partial charge in [-0.3, -0.25) is 9.55 Å². The number of nitrogens with zero attached hydrogens (tertiary/aromatic N) is 3. The van der Waals surface area contributed by atoms with Crippen LogP contribution in [0.4, 0.5) is 13.2 Å². The Morgan fingerprint density at radius 3 is 2.28 bits per heavy atom. The summed E-state index contributed by atoms with van der Waals surface area (Å²) in [4.78, 5) is 15.9. The van der Waals surface area contributed by atoms with Gasteiger partial charge in [-0.25, -0.2) is 17.8 Å². The lowest BCUT2D eigenvalue weighted by molar-refractivity contribution is -0.0436. The fourth-order valence-corrected chi connectivity index (χ4v) is 3.61. The third kappa shape index (κ3) is 3.65. The van der Waals surface area contributed by atoms with Gasteiger partial charge >= 0.3 is 11.2 Å². The van der Waals surface area contributed by atoms with Crippen LogP contribution in [-0.4, -0.2) is 33.2 Å². The van der Waals surface area contributed by atoms with Crippen LogP contribution in [0.2, 0.25) is 0 Å². The molecule has 1 N–H and O–H groups in total. The highest BCUT2D eigenvalue weighted by Gasteiger charge is 2.46. The Morgan fingerprint density at radius 2 is 1.72 bits per heavy atom. The van der Waals surface area contributed by atoms with Gasteiger partial charge in [-0.2, -0.15) is 13.2 Å². The third-order valence-corrected chi connectivity index (χ3v) is 5.88. The van der Waals surface area contributed by atoms with E-state index in [1.165, 1.54) is 11.5 Å². The van der Waals surface area contributed by atoms with Crippen molar-refractivity contribution in [2.24, 2.45) is 0 Å². The minimum atomic E-state index is -5.50. The zero-order valence-corrected chi connectivity index (χ0v) is 16.1. The molecule has 0 amide bonds. The highest BCUT2D eigenvalue weighted by Crippen LogP contribution is 2.31. The molecule has 0 saturated carbocycles. The smallest absolute Gasteiger partial charge is 0.493 e. The summed E-state index contributed by atoms with van der Waals surface area (Å²) in [6, 6.07) is 7.02. The van der Waals surface area contributed by atoms with Crippen molar-refractivity contribution in [3.8, 4) is 11.6 Å². The summed E-state index contributed by atoms with van der Waals surface area (Å²) in [5.41, 5.74) is -4.26. The monoisotopic (exact) mass is 427 g/mol. The van der Waals surface area contributed by atoms with Crippen molar-refractivity contribution in [2.45, 2.75) is 30.8 Å². The van der Waals surface area contributed by atoms with E-state index in [1.807, 2.05) is 0 Å². The molecule has 3 rings (SSSR count). The molecule has 3 aromatic rings. The van der Waals surface area contributed by atoms with Gasteiger partial charge in [0.15, 0.2) is 0 Å². The van der Waals surface area contributed by atoms with Crippen LogP contribution in [0.5, 0.6) is 5.88 Å². The van der Waals surface area contributed by atoms with Crippen LogP contribution in [0.1, 0.15) is 17.0 Å². The molecule has 0 aliphatic heterocycles. The number of hydrogen-bond donors (Lipinski definition) is 1. The Hall–Kier alpha value is -3.08. The maximum atomic E-state index is 12.8. The predicted molar refractivity (Wildman–Crippen MR) is 97.7 cm³/mol. The predicted octanol–water partition coefficient (Wildman–Crippen LogP) is 2.70. The summed E-state index contributed by atoms with van der Waals surface area (Å²) in [5, 5.41) is 10.4. The van der Waals surface area contributed by atoms with Crippen molar-refractivity contribution in [3.63, 3.8) is 0 Å². The molecule has 154 valence electrons. The first-order valence-corrected chi connectivity index (χ1v) is 9.76. The van der Waals surface area contributed by atoms with E-state index in [-0.39, 0.29) is 17.9 Å². The summed E-state index contributed by atoms with van der Waals surface area (Å²) in [7, 11) is -5.50. The first-order valence-electron chi connectivity index (χ1n) is 8.28. The molecule has 0 unspecified atom stereocenters. The van der Waals surface area contributed by atoms with Crippen LogP contribution in [0.3, 0.4) is 0 Å². The molecule has 0 radical (unpaired) electrons. The Morgan fingerprint density at radius 1 is 1.10 bits per heavy atom. The van der Waals surface area contributed by atoms with Gasteiger partial charge in [-0.15, -0.1) is 0 Å². The van der Waals surface area contributed by atoms with Crippen molar-refractivity contribution in [3.05, 3.63) is 70.0 Å². The molecule has 0 spiro atoms. The summed E-state index contributed by atoms with van der Waals surface area (Å²) in [6.45, 7) is 3.46. The number of aromatic hydroxyl groups is 1. The van der Waals surface area contributed by atoms with E-state index in [2.05, 4.69) is 4.98 Å². The second-order valence-corrected chi connectivity index (χ2v) is 8.30. The van der Waals surface area contributed by atoms with Crippen LogP contribution in [0.25, 0.3) is 5.69 Å². The van der Waals surface area contributed by atoms with Gasteiger partial charge < -0.3 is 5.11 Å². The number of hydrogen-bond acceptors (Lipinski definition) is 5. The van der Waals surface area contributed by atoms with E-state index < -0.39 is 31.8 Å². The molecule has 29 heavy (non-hydrogen) atoms. The first kappa shape index (κ1) is 20.6. The van der Waals surface area contributed by atoms with Crippen LogP contribution in [0.15, 0.2) is 52.3 Å². The minimum Gasteiger partial charge on any atom is -0.493 e. The molecule has 0 atom stereocenters. The van der Waals surface area contributed by atoms with Gasteiger partial charge in [0.1, 0.15) is 0 Å². The quantitative estimate of drug-likeness (QED) is 0.691. The number of alkyl halides is 3. The molecule has 0 saturated heterocycles. The highest BCUT2D eigenvalue weighted by molar-refractivity contribution is 7.92. The number of imidazole rings is 1. The van der Waals surface area contributed by atoms with Crippen LogP contribution < -0.4 is 5.69 Å². The summed E-state index contributed by atoms with van der Waals surface area (Å²) >= 11 is 0. The molecule has 7 nitrogen and oxygen atoms in total. The zero-order chi connectivity index (χ0) is 21.6. The van der Waals surface area contributed by atoms with Crippen molar-refractivity contribution in [1.82, 2.24) is 14.1 Å². The number of aryl methyl sites for hydroxylation is 1. The standard InChI is InChI=1S/C18H16F3N3O4S/c1-11-9-13(7-8-22-11)10-23-12(2)16(25)24(17(23)26)14-3-5-15(6-4-14)29(27,28)18(19,20)21/h3-9,25H,10H2,1-2H3. The average Bonchev–Trinajstić information content (AvgIpc) is 2.84. The van der Waals surface area contributed by atoms with Crippen molar-refractivity contribution in [2.75, 3.05) is 0 Å². The molecule has 0 aliphatic carbocycles. The minimum absolute atomic E-state index is 0.0291. The van der Waals surface area contributed by atoms with E-state index in [9.17, 15) is 31.5 Å². The first-order chi connectivity index (χ1) is 13.4. The van der Waals surface area contributed by atoms with E-state index in [1.54, 1.807) is 25.3 Å². The molecular formula is C18H16F3N3O4S. The molecule has 2 heterocycles. The second kappa shape index (κ2) is 7.07. The molecule has 0 aliphatic rings. The summed E-state index contributed by atoms with van der Waals surface area (Å²) in [6.07, 6.45) is 1.59. The van der Waals surface area contributed by atoms with Gasteiger partial charge in [0.25, 0.3) is 9.84 Å². The van der Waals surface area contributed by atoms with E-state index >= 15 is 0 Å². The summed E-state index contributed by atoms with van der Waals surface area (Å²) < 4.78 is 63.2. The number of sulfone groups is 1. The Bertz CT molecular complexity index is 1230. The van der Waals surface area contributed by atoms with E-state index in [0.717, 1.165) is 40.1 Å². The zero-order valence-electron chi connectivity index (χ0n) is 15.3. The van der Waals surface area contributed by atoms with Gasteiger partial charge in [0.2, 0.25) is 5.88 Å². The fourth-order valence-electron chi connectivity index (χ4n) is 2.85. The van der Waals surface area contributed by atoms with Crippen LogP contribution in [-0.2, 0) is 16.4 Å². The topological polar surface area (TPSA) is 94.2 Å². The van der Waals surface area contributed by atoms with Crippen molar-refractivity contribution in [1.29, 1.82) is 0 Å². The SMILES string of the molecule is Cc1cc(Cn2c(C)c(O)n(-c3ccc(S(=O)(=O)C(F)(F)F)cc3)c2=O)ccn1. The van der Waals surface area contributed by atoms with Crippen LogP contribution >= 0.6 is 0 Å². The Labute approximate surface area is 163 Å². The van der Waals surface area contributed by atoms with Gasteiger partial charge in [0.05, 0.1) is 22.8 Å². The normalized spacial score (nSPS) is 12.3. The number of halogens is 3. The fraction of sp³-hybridized carbons (Fsp3) is 0.222. The lowest BCUT2D eigenvalue weighted by Gasteiger charge is -2.09. The van der Waals surface area contributed by atoms with Crippen LogP contribution in [0, 0.1) is 13.8 Å². The molecule has 2 aromatic heterocycles. The van der Waals surface area contributed by atoms with Gasteiger partial charge in [-0.1, -0.05) is 0 Å². The van der Waals surface area contributed by atoms with Gasteiger partial charge in [-0.05, 0) is 55.8 Å². The largest absolute Gasteiger partial charge is 0.501 e. The van der Waals surface area contributed by atoms with Gasteiger partial charge in [0, 0.05) is 11.9 Å². The van der Waals surface area contributed by atoms with Crippen molar-refractivity contribution < 1.29 is 26.7 Å².